The number of carbonyl (C=O) groups excluding carboxylic acids is 1. The second-order valence-electron chi connectivity index (χ2n) is 8.42. The van der Waals surface area contributed by atoms with Gasteiger partial charge in [-0.3, -0.25) is 9.69 Å². The highest BCUT2D eigenvalue weighted by molar-refractivity contribution is 7.89. The highest BCUT2D eigenvalue weighted by Crippen LogP contribution is 2.21. The summed E-state index contributed by atoms with van der Waals surface area (Å²) < 4.78 is 32.0. The minimum absolute atomic E-state index is 0.0639. The van der Waals surface area contributed by atoms with Crippen molar-refractivity contribution in [3.05, 3.63) is 12.4 Å². The zero-order chi connectivity index (χ0) is 22.7. The number of piperidine rings is 1. The van der Waals surface area contributed by atoms with Gasteiger partial charge in [-0.15, -0.1) is 0 Å². The molecule has 4 heterocycles. The predicted octanol–water partition coefficient (Wildman–Crippen LogP) is -0.557. The molecule has 0 spiro atoms. The van der Waals surface area contributed by atoms with Crippen LogP contribution in [0.1, 0.15) is 12.8 Å². The lowest BCUT2D eigenvalue weighted by Gasteiger charge is -2.35. The summed E-state index contributed by atoms with van der Waals surface area (Å²) in [7, 11) is -3.46. The van der Waals surface area contributed by atoms with E-state index >= 15 is 0 Å². The van der Waals surface area contributed by atoms with Crippen LogP contribution in [0.15, 0.2) is 12.4 Å². The van der Waals surface area contributed by atoms with Crippen molar-refractivity contribution in [1.82, 2.24) is 24.5 Å². The van der Waals surface area contributed by atoms with Gasteiger partial charge in [-0.05, 0) is 24.7 Å². The van der Waals surface area contributed by atoms with Crippen molar-refractivity contribution in [1.29, 1.82) is 0 Å². The van der Waals surface area contributed by atoms with Gasteiger partial charge in [0.2, 0.25) is 21.8 Å². The summed E-state index contributed by atoms with van der Waals surface area (Å²) in [6, 6.07) is 0. The molecule has 4 rings (SSSR count). The third kappa shape index (κ3) is 5.27. The van der Waals surface area contributed by atoms with Crippen LogP contribution >= 0.6 is 0 Å². The molecule has 0 aromatic carbocycles. The molecule has 0 bridgehead atoms. The van der Waals surface area contributed by atoms with Crippen LogP contribution in [-0.2, 0) is 14.8 Å². The first kappa shape index (κ1) is 22.7. The molecular weight excluding hydrogens is 440 g/mol. The van der Waals surface area contributed by atoms with Crippen molar-refractivity contribution in [2.45, 2.75) is 12.8 Å². The van der Waals surface area contributed by atoms with Crippen LogP contribution in [0.25, 0.3) is 0 Å². The first-order chi connectivity index (χ1) is 15.3. The van der Waals surface area contributed by atoms with E-state index in [1.165, 1.54) is 26.5 Å². The van der Waals surface area contributed by atoms with E-state index in [4.69, 9.17) is 9.84 Å². The Balaban J connectivity index is 1.26. The molecule has 0 saturated carbocycles. The number of hydrogen-bond acceptors (Lipinski definition) is 8. The van der Waals surface area contributed by atoms with Crippen LogP contribution in [0.4, 0.5) is 10.6 Å². The lowest BCUT2D eigenvalue weighted by atomic mass is 9.98. The van der Waals surface area contributed by atoms with Crippen LogP contribution in [0.5, 0.6) is 5.88 Å². The summed E-state index contributed by atoms with van der Waals surface area (Å²) in [6.45, 7) is 3.05. The van der Waals surface area contributed by atoms with E-state index in [1.807, 2.05) is 0 Å². The maximum atomic E-state index is 12.6. The quantitative estimate of drug-likeness (QED) is 0.538. The maximum absolute atomic E-state index is 12.6. The summed E-state index contributed by atoms with van der Waals surface area (Å²) in [5.41, 5.74) is 0. The van der Waals surface area contributed by atoms with Gasteiger partial charge in [-0.25, -0.2) is 23.2 Å². The first-order valence-corrected chi connectivity index (χ1v) is 12.3. The molecule has 2 N–H and O–H groups in total. The Hall–Kier alpha value is -2.51. The molecule has 3 fully saturated rings. The number of carboxylic acid groups (broad SMARTS) is 1. The minimum Gasteiger partial charge on any atom is -0.476 e. The highest BCUT2D eigenvalue weighted by Gasteiger charge is 2.35. The number of rotatable bonds is 7. The van der Waals surface area contributed by atoms with E-state index < -0.39 is 16.1 Å². The number of aromatic nitrogens is 2. The van der Waals surface area contributed by atoms with E-state index in [-0.39, 0.29) is 43.1 Å². The van der Waals surface area contributed by atoms with Gasteiger partial charge < -0.3 is 20.1 Å². The normalized spacial score (nSPS) is 21.4. The third-order valence-electron chi connectivity index (χ3n) is 6.13. The number of piperazine rings is 1. The smallest absolute Gasteiger partial charge is 0.407 e. The lowest BCUT2D eigenvalue weighted by Crippen LogP contribution is -2.55. The van der Waals surface area contributed by atoms with Crippen LogP contribution in [0, 0.1) is 11.8 Å². The molecule has 0 aliphatic carbocycles. The molecule has 0 radical (unpaired) electrons. The number of anilines is 1. The number of nitrogens with one attached hydrogen (secondary N) is 1. The number of hydrogen-bond donors (Lipinski definition) is 2. The van der Waals surface area contributed by atoms with Gasteiger partial charge in [0.1, 0.15) is 0 Å². The lowest BCUT2D eigenvalue weighted by molar-refractivity contribution is -0.120. The number of amides is 2. The van der Waals surface area contributed by atoms with Gasteiger partial charge >= 0.3 is 6.09 Å². The van der Waals surface area contributed by atoms with Gasteiger partial charge in [0.25, 0.3) is 0 Å². The summed E-state index contributed by atoms with van der Waals surface area (Å²) in [5, 5.41) is 12.1. The van der Waals surface area contributed by atoms with Crippen molar-refractivity contribution in [2.75, 3.05) is 63.1 Å². The molecule has 13 heteroatoms. The molecule has 12 nitrogen and oxygen atoms in total. The Morgan fingerprint density at radius 3 is 2.44 bits per heavy atom. The molecule has 0 unspecified atom stereocenters. The summed E-state index contributed by atoms with van der Waals surface area (Å²) in [5.74, 6) is 0.777. The Morgan fingerprint density at radius 2 is 1.88 bits per heavy atom. The largest absolute Gasteiger partial charge is 0.476 e. The Kier molecular flexibility index (Phi) is 6.76. The molecular formula is C19H28N6O6S. The van der Waals surface area contributed by atoms with Gasteiger partial charge in [-0.2, -0.15) is 4.31 Å². The number of ether oxygens (including phenoxy) is 1. The van der Waals surface area contributed by atoms with E-state index in [1.54, 1.807) is 0 Å². The zero-order valence-electron chi connectivity index (χ0n) is 17.7. The fourth-order valence-corrected chi connectivity index (χ4v) is 5.73. The second kappa shape index (κ2) is 9.55. The van der Waals surface area contributed by atoms with Gasteiger partial charge in [0.15, 0.2) is 5.82 Å². The van der Waals surface area contributed by atoms with E-state index in [0.29, 0.717) is 44.5 Å². The molecule has 0 atom stereocenters. The van der Waals surface area contributed by atoms with Gasteiger partial charge in [0.05, 0.1) is 31.3 Å². The van der Waals surface area contributed by atoms with E-state index in [2.05, 4.69) is 15.3 Å². The molecule has 32 heavy (non-hydrogen) atoms. The molecule has 1 aromatic rings. The monoisotopic (exact) mass is 468 g/mol. The fourth-order valence-electron chi connectivity index (χ4n) is 4.02. The standard InChI is InChI=1S/C19H28N6O6S/c26-18-11-24(32(29,30)13-15-7-20-8-15)5-6-25(18)16-9-22-17(10-21-16)31-12-14-1-3-23(4-2-14)19(27)28/h9-10,14-15,20H,1-8,11-13H2,(H,27,28). The third-order valence-corrected chi connectivity index (χ3v) is 8.13. The first-order valence-electron chi connectivity index (χ1n) is 10.7. The Morgan fingerprint density at radius 1 is 1.12 bits per heavy atom. The maximum Gasteiger partial charge on any atom is 0.407 e. The number of nitrogens with zero attached hydrogens (tertiary/aromatic N) is 5. The summed E-state index contributed by atoms with van der Waals surface area (Å²) in [6.07, 6.45) is 3.47. The van der Waals surface area contributed by atoms with Crippen LogP contribution in [0.3, 0.4) is 0 Å². The van der Waals surface area contributed by atoms with Crippen molar-refractivity contribution in [3.8, 4) is 5.88 Å². The Bertz CT molecular complexity index is 930. The van der Waals surface area contributed by atoms with E-state index in [9.17, 15) is 18.0 Å². The average Bonchev–Trinajstić information content (AvgIpc) is 2.75. The van der Waals surface area contributed by atoms with Crippen molar-refractivity contribution in [2.24, 2.45) is 11.8 Å². The van der Waals surface area contributed by atoms with Crippen LogP contribution in [0.2, 0.25) is 0 Å². The molecule has 3 aliphatic heterocycles. The molecule has 176 valence electrons. The average molecular weight is 469 g/mol. The highest BCUT2D eigenvalue weighted by atomic mass is 32.2. The number of likely N-dealkylation sites (tertiary alicyclic amines) is 1. The SMILES string of the molecule is O=C(O)N1CCC(COc2cnc(N3CCN(S(=O)(=O)CC4CNC4)CC3=O)cn2)CC1. The summed E-state index contributed by atoms with van der Waals surface area (Å²) >= 11 is 0. The van der Waals surface area contributed by atoms with Crippen molar-refractivity contribution < 1.29 is 27.9 Å². The molecule has 3 saturated heterocycles. The minimum atomic E-state index is -3.46. The molecule has 3 aliphatic rings. The molecule has 1 aromatic heterocycles. The topological polar surface area (TPSA) is 145 Å². The fraction of sp³-hybridized carbons (Fsp3) is 0.684. The second-order valence-corrected chi connectivity index (χ2v) is 10.4. The van der Waals surface area contributed by atoms with E-state index in [0.717, 1.165) is 12.8 Å². The summed E-state index contributed by atoms with van der Waals surface area (Å²) in [4.78, 5) is 34.9. The van der Waals surface area contributed by atoms with Crippen molar-refractivity contribution >= 4 is 27.8 Å². The van der Waals surface area contributed by atoms with Crippen LogP contribution < -0.4 is 15.0 Å². The number of sulfonamides is 1. The van der Waals surface area contributed by atoms with Crippen molar-refractivity contribution in [3.63, 3.8) is 0 Å². The molecule has 2 amide bonds. The Labute approximate surface area is 186 Å². The zero-order valence-corrected chi connectivity index (χ0v) is 18.5. The van der Waals surface area contributed by atoms with Gasteiger partial charge in [0, 0.05) is 39.3 Å². The number of carbonyl (C=O) groups is 2. The van der Waals surface area contributed by atoms with Gasteiger partial charge in [-0.1, -0.05) is 0 Å². The van der Waals surface area contributed by atoms with Crippen LogP contribution in [-0.4, -0.2) is 103 Å². The predicted molar refractivity (Wildman–Crippen MR) is 114 cm³/mol.